The molecule has 0 aliphatic rings. The van der Waals surface area contributed by atoms with Crippen LogP contribution in [0.5, 0.6) is 5.75 Å². The Morgan fingerprint density at radius 2 is 1.71 bits per heavy atom. The number of para-hydroxylation sites is 1. The fourth-order valence-corrected chi connectivity index (χ4v) is 2.99. The first kappa shape index (κ1) is 20.3. The second-order valence-corrected chi connectivity index (χ2v) is 7.13. The largest absolute Gasteiger partial charge is 0.487 e. The van der Waals surface area contributed by atoms with Crippen LogP contribution in [0, 0.1) is 19.7 Å². The summed E-state index contributed by atoms with van der Waals surface area (Å²) in [6, 6.07) is 20.6. The van der Waals surface area contributed by atoms with Crippen LogP contribution in [0.25, 0.3) is 11.5 Å². The number of nitrogens with one attached hydrogen (secondary N) is 1. The second kappa shape index (κ2) is 8.83. The molecule has 0 aliphatic carbocycles. The van der Waals surface area contributed by atoms with E-state index in [1.54, 1.807) is 36.4 Å². The molecule has 31 heavy (non-hydrogen) atoms. The third kappa shape index (κ3) is 4.80. The summed E-state index contributed by atoms with van der Waals surface area (Å²) in [7, 11) is 0. The Hall–Kier alpha value is -3.93. The number of hydrogen-bond donors (Lipinski definition) is 1. The minimum Gasteiger partial charge on any atom is -0.487 e. The Balaban J connectivity index is 1.44. The van der Waals surface area contributed by atoms with E-state index in [0.29, 0.717) is 29.5 Å². The van der Waals surface area contributed by atoms with Crippen molar-refractivity contribution < 1.29 is 18.3 Å². The van der Waals surface area contributed by atoms with Crippen LogP contribution in [-0.4, -0.2) is 10.9 Å². The number of halogens is 1. The molecule has 1 heterocycles. The SMILES string of the molecule is Cc1ccc(OCc2nc(-c3ccc(C(=O)Nc4ccccc4F)cc3)oc2C)cc1. The average molecular weight is 416 g/mol. The van der Waals surface area contributed by atoms with Crippen molar-refractivity contribution in [3.05, 3.63) is 101 Å². The lowest BCUT2D eigenvalue weighted by Crippen LogP contribution is -2.12. The van der Waals surface area contributed by atoms with Gasteiger partial charge in [-0.05, 0) is 62.4 Å². The number of benzene rings is 3. The summed E-state index contributed by atoms with van der Waals surface area (Å²) >= 11 is 0. The molecule has 1 aromatic heterocycles. The van der Waals surface area contributed by atoms with Crippen molar-refractivity contribution in [2.24, 2.45) is 0 Å². The number of hydrogen-bond acceptors (Lipinski definition) is 4. The zero-order valence-electron chi connectivity index (χ0n) is 17.2. The zero-order valence-corrected chi connectivity index (χ0v) is 17.2. The topological polar surface area (TPSA) is 64.4 Å². The van der Waals surface area contributed by atoms with Crippen molar-refractivity contribution in [2.75, 3.05) is 5.32 Å². The van der Waals surface area contributed by atoms with Crippen LogP contribution in [0.2, 0.25) is 0 Å². The van der Waals surface area contributed by atoms with Gasteiger partial charge in [-0.3, -0.25) is 4.79 Å². The van der Waals surface area contributed by atoms with Crippen LogP contribution in [0.3, 0.4) is 0 Å². The molecule has 0 aliphatic heterocycles. The van der Waals surface area contributed by atoms with Crippen LogP contribution in [0.4, 0.5) is 10.1 Å². The van der Waals surface area contributed by atoms with Crippen molar-refractivity contribution in [3.8, 4) is 17.2 Å². The highest BCUT2D eigenvalue weighted by molar-refractivity contribution is 6.04. The van der Waals surface area contributed by atoms with E-state index in [0.717, 1.165) is 11.3 Å². The van der Waals surface area contributed by atoms with E-state index < -0.39 is 11.7 Å². The van der Waals surface area contributed by atoms with Crippen molar-refractivity contribution >= 4 is 11.6 Å². The van der Waals surface area contributed by atoms with Crippen LogP contribution < -0.4 is 10.1 Å². The molecule has 4 rings (SSSR count). The lowest BCUT2D eigenvalue weighted by Gasteiger charge is -2.06. The molecule has 1 N–H and O–H groups in total. The van der Waals surface area contributed by atoms with Gasteiger partial charge in [-0.1, -0.05) is 29.8 Å². The van der Waals surface area contributed by atoms with E-state index >= 15 is 0 Å². The molecule has 6 heteroatoms. The van der Waals surface area contributed by atoms with Gasteiger partial charge in [0.05, 0.1) is 5.69 Å². The quantitative estimate of drug-likeness (QED) is 0.423. The third-order valence-corrected chi connectivity index (χ3v) is 4.81. The molecule has 5 nitrogen and oxygen atoms in total. The molecular formula is C25H21FN2O3. The van der Waals surface area contributed by atoms with Crippen molar-refractivity contribution in [2.45, 2.75) is 20.5 Å². The molecule has 1 amide bonds. The van der Waals surface area contributed by atoms with Gasteiger partial charge in [0.1, 0.15) is 29.6 Å². The Bertz CT molecular complexity index is 1200. The normalized spacial score (nSPS) is 10.7. The van der Waals surface area contributed by atoms with Crippen molar-refractivity contribution in [1.29, 1.82) is 0 Å². The molecule has 0 saturated heterocycles. The second-order valence-electron chi connectivity index (χ2n) is 7.13. The number of nitrogens with zero attached hydrogens (tertiary/aromatic N) is 1. The molecule has 156 valence electrons. The van der Waals surface area contributed by atoms with Crippen LogP contribution >= 0.6 is 0 Å². The number of rotatable bonds is 6. The summed E-state index contributed by atoms with van der Waals surface area (Å²) in [6.45, 7) is 4.15. The Morgan fingerprint density at radius 1 is 1.00 bits per heavy atom. The van der Waals surface area contributed by atoms with E-state index in [1.165, 1.54) is 17.7 Å². The van der Waals surface area contributed by atoms with Gasteiger partial charge in [-0.15, -0.1) is 0 Å². The van der Waals surface area contributed by atoms with Crippen LogP contribution in [0.1, 0.15) is 27.4 Å². The number of amides is 1. The molecule has 0 spiro atoms. The Kier molecular flexibility index (Phi) is 5.80. The first-order valence-electron chi connectivity index (χ1n) is 9.82. The Labute approximate surface area is 179 Å². The lowest BCUT2D eigenvalue weighted by atomic mass is 10.1. The summed E-state index contributed by atoms with van der Waals surface area (Å²) < 4.78 is 25.3. The van der Waals surface area contributed by atoms with E-state index in [-0.39, 0.29) is 5.69 Å². The van der Waals surface area contributed by atoms with Gasteiger partial charge in [0.2, 0.25) is 5.89 Å². The van der Waals surface area contributed by atoms with Gasteiger partial charge in [0.25, 0.3) is 5.91 Å². The number of carbonyl (C=O) groups is 1. The molecular weight excluding hydrogens is 395 g/mol. The van der Waals surface area contributed by atoms with Crippen molar-refractivity contribution in [1.82, 2.24) is 4.98 Å². The summed E-state index contributed by atoms with van der Waals surface area (Å²) in [5.74, 6) is 1.000. The molecule has 3 aromatic carbocycles. The lowest BCUT2D eigenvalue weighted by molar-refractivity contribution is 0.102. The van der Waals surface area contributed by atoms with E-state index in [2.05, 4.69) is 10.3 Å². The molecule has 0 fully saturated rings. The van der Waals surface area contributed by atoms with Gasteiger partial charge < -0.3 is 14.5 Å². The summed E-state index contributed by atoms with van der Waals surface area (Å²) in [4.78, 5) is 16.9. The fraction of sp³-hybridized carbons (Fsp3) is 0.120. The van der Waals surface area contributed by atoms with Gasteiger partial charge in [0, 0.05) is 11.1 Å². The number of ether oxygens (including phenoxy) is 1. The van der Waals surface area contributed by atoms with Gasteiger partial charge in [-0.2, -0.15) is 0 Å². The molecule has 0 atom stereocenters. The van der Waals surface area contributed by atoms with Gasteiger partial charge in [-0.25, -0.2) is 9.37 Å². The molecule has 0 unspecified atom stereocenters. The monoisotopic (exact) mass is 416 g/mol. The van der Waals surface area contributed by atoms with E-state index in [4.69, 9.17) is 9.15 Å². The number of aryl methyl sites for hydroxylation is 2. The maximum Gasteiger partial charge on any atom is 0.255 e. The molecule has 0 saturated carbocycles. The first-order chi connectivity index (χ1) is 15.0. The van der Waals surface area contributed by atoms with Crippen LogP contribution in [-0.2, 0) is 6.61 Å². The maximum atomic E-state index is 13.7. The number of aromatic nitrogens is 1. The standard InChI is InChI=1S/C25H21FN2O3/c1-16-7-13-20(14-8-16)30-15-23-17(2)31-25(28-23)19-11-9-18(10-12-19)24(29)27-22-6-4-3-5-21(22)26/h3-14H,15H2,1-2H3,(H,27,29). The number of carbonyl (C=O) groups excluding carboxylic acids is 1. The smallest absolute Gasteiger partial charge is 0.255 e. The predicted octanol–water partition coefficient (Wildman–Crippen LogP) is 5.93. The highest BCUT2D eigenvalue weighted by Gasteiger charge is 2.14. The highest BCUT2D eigenvalue weighted by atomic mass is 19.1. The Morgan fingerprint density at radius 3 is 2.42 bits per heavy atom. The van der Waals surface area contributed by atoms with Gasteiger partial charge >= 0.3 is 0 Å². The summed E-state index contributed by atoms with van der Waals surface area (Å²) in [5, 5.41) is 2.57. The zero-order chi connectivity index (χ0) is 21.8. The first-order valence-corrected chi connectivity index (χ1v) is 9.82. The maximum absolute atomic E-state index is 13.7. The van der Waals surface area contributed by atoms with E-state index in [9.17, 15) is 9.18 Å². The third-order valence-electron chi connectivity index (χ3n) is 4.81. The minimum atomic E-state index is -0.483. The molecule has 0 radical (unpaired) electrons. The minimum absolute atomic E-state index is 0.137. The number of oxazole rings is 1. The molecule has 4 aromatic rings. The van der Waals surface area contributed by atoms with Crippen molar-refractivity contribution in [3.63, 3.8) is 0 Å². The van der Waals surface area contributed by atoms with E-state index in [1.807, 2.05) is 38.1 Å². The fourth-order valence-electron chi connectivity index (χ4n) is 2.99. The van der Waals surface area contributed by atoms with Crippen LogP contribution in [0.15, 0.2) is 77.2 Å². The van der Waals surface area contributed by atoms with Gasteiger partial charge in [0.15, 0.2) is 0 Å². The highest BCUT2D eigenvalue weighted by Crippen LogP contribution is 2.24. The predicted molar refractivity (Wildman–Crippen MR) is 117 cm³/mol. The summed E-state index contributed by atoms with van der Waals surface area (Å²) in [6.07, 6.45) is 0. The average Bonchev–Trinajstić information content (AvgIpc) is 3.15. The molecule has 0 bridgehead atoms. The number of anilines is 1. The summed E-state index contributed by atoms with van der Waals surface area (Å²) in [5.41, 5.74) is 3.14.